The van der Waals surface area contributed by atoms with Crippen LogP contribution in [0.3, 0.4) is 0 Å². The van der Waals surface area contributed by atoms with E-state index < -0.39 is 0 Å². The molecule has 178 valence electrons. The molecule has 8 nitrogen and oxygen atoms in total. The first kappa shape index (κ1) is 22.7. The van der Waals surface area contributed by atoms with Crippen molar-refractivity contribution in [3.8, 4) is 34.4 Å². The Morgan fingerprint density at radius 3 is 2.69 bits per heavy atom. The van der Waals surface area contributed by atoms with Gasteiger partial charge in [-0.3, -0.25) is 4.79 Å². The van der Waals surface area contributed by atoms with Crippen LogP contribution in [-0.2, 0) is 4.79 Å². The first-order chi connectivity index (χ1) is 17.1. The van der Waals surface area contributed by atoms with E-state index in [0.29, 0.717) is 17.1 Å². The van der Waals surface area contributed by atoms with Crippen molar-refractivity contribution in [1.29, 1.82) is 0 Å². The Balaban J connectivity index is 1.54. The minimum Gasteiger partial charge on any atom is -0.424 e. The predicted molar refractivity (Wildman–Crippen MR) is 131 cm³/mol. The normalized spacial score (nSPS) is 14.0. The second-order valence-corrected chi connectivity index (χ2v) is 8.38. The topological polar surface area (TPSA) is 85.2 Å². The van der Waals surface area contributed by atoms with E-state index in [0.717, 1.165) is 49.3 Å². The molecule has 5 rings (SSSR count). The van der Waals surface area contributed by atoms with Crippen molar-refractivity contribution < 1.29 is 13.9 Å². The summed E-state index contributed by atoms with van der Waals surface area (Å²) in [5.41, 5.74) is 3.72. The van der Waals surface area contributed by atoms with Gasteiger partial charge in [-0.25, -0.2) is 14.4 Å². The molecule has 35 heavy (non-hydrogen) atoms. The molecule has 1 N–H and O–H groups in total. The SMILES string of the molecule is CN(C=O)c1cccc(Oc2nccc(-c3c(-c4ccc(F)cc4)ncn3C3CCNCC3)n2)c1. The average Bonchev–Trinajstić information content (AvgIpc) is 3.35. The molecule has 1 saturated heterocycles. The number of ether oxygens (including phenoxy) is 1. The standard InChI is InChI=1S/C26H25FN6O2/c1-32(17-34)21-3-2-4-22(15-21)35-26-29-14-11-23(31-26)25-24(18-5-7-19(27)8-6-18)30-16-33(25)20-9-12-28-13-10-20/h2-8,11,14-17,20,28H,9-10,12-13H2,1H3. The van der Waals surface area contributed by atoms with Gasteiger partial charge in [0.25, 0.3) is 0 Å². The third-order valence-corrected chi connectivity index (χ3v) is 6.08. The summed E-state index contributed by atoms with van der Waals surface area (Å²) in [5.74, 6) is 0.215. The van der Waals surface area contributed by atoms with Crippen molar-refractivity contribution in [2.45, 2.75) is 18.9 Å². The van der Waals surface area contributed by atoms with Crippen LogP contribution in [0.25, 0.3) is 22.6 Å². The molecule has 1 aliphatic heterocycles. The van der Waals surface area contributed by atoms with Crippen LogP contribution in [0.5, 0.6) is 11.8 Å². The Morgan fingerprint density at radius 1 is 1.11 bits per heavy atom. The Hall–Kier alpha value is -4.11. The minimum atomic E-state index is -0.298. The fourth-order valence-corrected chi connectivity index (χ4v) is 4.25. The molecular weight excluding hydrogens is 447 g/mol. The van der Waals surface area contributed by atoms with E-state index in [9.17, 15) is 9.18 Å². The number of benzene rings is 2. The Kier molecular flexibility index (Phi) is 6.49. The van der Waals surface area contributed by atoms with Crippen molar-refractivity contribution in [1.82, 2.24) is 24.8 Å². The van der Waals surface area contributed by atoms with E-state index in [-0.39, 0.29) is 17.9 Å². The summed E-state index contributed by atoms with van der Waals surface area (Å²) in [6, 6.07) is 15.7. The first-order valence-corrected chi connectivity index (χ1v) is 11.5. The molecule has 0 spiro atoms. The van der Waals surface area contributed by atoms with E-state index >= 15 is 0 Å². The summed E-state index contributed by atoms with van der Waals surface area (Å²) in [4.78, 5) is 26.3. The van der Waals surface area contributed by atoms with Crippen molar-refractivity contribution in [2.75, 3.05) is 25.0 Å². The van der Waals surface area contributed by atoms with Gasteiger partial charge < -0.3 is 19.5 Å². The largest absolute Gasteiger partial charge is 0.424 e. The van der Waals surface area contributed by atoms with E-state index in [1.165, 1.54) is 17.0 Å². The van der Waals surface area contributed by atoms with Gasteiger partial charge in [0.15, 0.2) is 0 Å². The van der Waals surface area contributed by atoms with Gasteiger partial charge in [0, 0.05) is 36.6 Å². The van der Waals surface area contributed by atoms with Gasteiger partial charge in [-0.15, -0.1) is 0 Å². The molecule has 0 saturated carbocycles. The highest BCUT2D eigenvalue weighted by atomic mass is 19.1. The summed E-state index contributed by atoms with van der Waals surface area (Å²) in [7, 11) is 1.67. The van der Waals surface area contributed by atoms with E-state index in [2.05, 4.69) is 14.9 Å². The maximum absolute atomic E-state index is 13.6. The van der Waals surface area contributed by atoms with Crippen LogP contribution in [0.15, 0.2) is 67.1 Å². The molecule has 1 fully saturated rings. The van der Waals surface area contributed by atoms with Crippen LogP contribution < -0.4 is 15.0 Å². The molecule has 9 heteroatoms. The van der Waals surface area contributed by atoms with E-state index in [1.807, 2.05) is 18.5 Å². The summed E-state index contributed by atoms with van der Waals surface area (Å²) >= 11 is 0. The molecule has 0 atom stereocenters. The highest BCUT2D eigenvalue weighted by Gasteiger charge is 2.23. The number of imidazole rings is 1. The molecule has 0 aliphatic carbocycles. The number of rotatable bonds is 7. The maximum atomic E-state index is 13.6. The fraction of sp³-hybridized carbons (Fsp3) is 0.231. The number of hydrogen-bond donors (Lipinski definition) is 1. The molecule has 2 aromatic carbocycles. The highest BCUT2D eigenvalue weighted by molar-refractivity contribution is 5.77. The number of aromatic nitrogens is 4. The second kappa shape index (κ2) is 10.0. The van der Waals surface area contributed by atoms with Crippen LogP contribution >= 0.6 is 0 Å². The zero-order valence-electron chi connectivity index (χ0n) is 19.3. The number of anilines is 1. The minimum absolute atomic E-state index is 0.177. The molecule has 4 aromatic rings. The van der Waals surface area contributed by atoms with Crippen LogP contribution in [0.2, 0.25) is 0 Å². The first-order valence-electron chi connectivity index (χ1n) is 11.5. The fourth-order valence-electron chi connectivity index (χ4n) is 4.25. The summed E-state index contributed by atoms with van der Waals surface area (Å²) in [5, 5.41) is 3.40. The van der Waals surface area contributed by atoms with Crippen LogP contribution in [0, 0.1) is 5.82 Å². The van der Waals surface area contributed by atoms with Crippen LogP contribution in [0.1, 0.15) is 18.9 Å². The van der Waals surface area contributed by atoms with E-state index in [1.54, 1.807) is 43.6 Å². The van der Waals surface area contributed by atoms with E-state index in [4.69, 9.17) is 14.7 Å². The number of nitrogens with zero attached hydrogens (tertiary/aromatic N) is 5. The Labute approximate surface area is 202 Å². The van der Waals surface area contributed by atoms with Crippen LogP contribution in [0.4, 0.5) is 10.1 Å². The molecule has 0 radical (unpaired) electrons. The van der Waals surface area contributed by atoms with Gasteiger partial charge in [-0.1, -0.05) is 6.07 Å². The summed E-state index contributed by atoms with van der Waals surface area (Å²) < 4.78 is 21.7. The van der Waals surface area contributed by atoms with Crippen molar-refractivity contribution in [3.63, 3.8) is 0 Å². The van der Waals surface area contributed by atoms with Crippen LogP contribution in [-0.4, -0.2) is 46.1 Å². The third-order valence-electron chi connectivity index (χ3n) is 6.08. The zero-order valence-corrected chi connectivity index (χ0v) is 19.3. The van der Waals surface area contributed by atoms with Crippen molar-refractivity contribution in [2.24, 2.45) is 0 Å². The predicted octanol–water partition coefficient (Wildman–Crippen LogP) is 4.46. The summed E-state index contributed by atoms with van der Waals surface area (Å²) in [6.07, 6.45) is 6.16. The average molecular weight is 473 g/mol. The quantitative estimate of drug-likeness (QED) is 0.400. The number of halogens is 1. The molecule has 3 heterocycles. The number of carbonyl (C=O) groups excluding carboxylic acids is 1. The van der Waals surface area contributed by atoms with Gasteiger partial charge in [0.05, 0.1) is 23.4 Å². The number of hydrogen-bond acceptors (Lipinski definition) is 6. The van der Waals surface area contributed by atoms with Crippen molar-refractivity contribution in [3.05, 3.63) is 72.9 Å². The lowest BCUT2D eigenvalue weighted by molar-refractivity contribution is -0.107. The number of amides is 1. The third kappa shape index (κ3) is 4.90. The monoisotopic (exact) mass is 472 g/mol. The number of nitrogens with one attached hydrogen (secondary N) is 1. The number of carbonyl (C=O) groups is 1. The number of piperidine rings is 1. The molecule has 1 aliphatic rings. The lowest BCUT2D eigenvalue weighted by Crippen LogP contribution is -2.29. The maximum Gasteiger partial charge on any atom is 0.322 e. The second-order valence-electron chi connectivity index (χ2n) is 8.38. The van der Waals surface area contributed by atoms with Gasteiger partial charge in [-0.2, -0.15) is 4.98 Å². The van der Waals surface area contributed by atoms with Gasteiger partial charge in [-0.05, 0) is 68.4 Å². The Morgan fingerprint density at radius 2 is 1.91 bits per heavy atom. The summed E-state index contributed by atoms with van der Waals surface area (Å²) in [6.45, 7) is 1.86. The Bertz CT molecular complexity index is 1320. The lowest BCUT2D eigenvalue weighted by atomic mass is 10.0. The lowest BCUT2D eigenvalue weighted by Gasteiger charge is -2.25. The molecular formula is C26H25FN6O2. The zero-order chi connectivity index (χ0) is 24.2. The molecule has 0 bridgehead atoms. The van der Waals surface area contributed by atoms with Gasteiger partial charge in [0.2, 0.25) is 6.41 Å². The van der Waals surface area contributed by atoms with Crippen molar-refractivity contribution >= 4 is 12.1 Å². The van der Waals surface area contributed by atoms with Gasteiger partial charge in [0.1, 0.15) is 11.6 Å². The molecule has 0 unspecified atom stereocenters. The van der Waals surface area contributed by atoms with Gasteiger partial charge >= 0.3 is 6.01 Å². The smallest absolute Gasteiger partial charge is 0.322 e. The highest BCUT2D eigenvalue weighted by Crippen LogP contribution is 2.35. The molecule has 1 amide bonds. The molecule has 2 aromatic heterocycles.